The molecule has 2 rings (SSSR count). The first-order valence-electron chi connectivity index (χ1n) is 6.04. The van der Waals surface area contributed by atoms with Gasteiger partial charge in [0.25, 0.3) is 0 Å². The van der Waals surface area contributed by atoms with Gasteiger partial charge >= 0.3 is 0 Å². The van der Waals surface area contributed by atoms with Gasteiger partial charge in [-0.3, -0.25) is 0 Å². The van der Waals surface area contributed by atoms with Crippen molar-refractivity contribution in [3.05, 3.63) is 23.7 Å². The number of nitrogens with zero attached hydrogens (tertiary/aromatic N) is 1. The minimum atomic E-state index is 0.965. The van der Waals surface area contributed by atoms with Crippen molar-refractivity contribution in [2.45, 2.75) is 19.3 Å². The Morgan fingerprint density at radius 3 is 2.81 bits per heavy atom. The van der Waals surface area contributed by atoms with Gasteiger partial charge in [-0.05, 0) is 24.8 Å². The Morgan fingerprint density at radius 1 is 1.25 bits per heavy atom. The van der Waals surface area contributed by atoms with E-state index in [2.05, 4.69) is 28.2 Å². The molecule has 2 fully saturated rings. The van der Waals surface area contributed by atoms with Gasteiger partial charge in [-0.2, -0.15) is 11.8 Å². The van der Waals surface area contributed by atoms with E-state index in [1.54, 1.807) is 6.20 Å². The zero-order valence-electron chi connectivity index (χ0n) is 9.74. The molecule has 0 saturated carbocycles. The predicted molar refractivity (Wildman–Crippen MR) is 71.1 cm³/mol. The van der Waals surface area contributed by atoms with Crippen LogP contribution in [0.4, 0.5) is 0 Å². The van der Waals surface area contributed by atoms with Crippen molar-refractivity contribution in [3.63, 3.8) is 0 Å². The number of rotatable bonds is 1. The maximum Gasteiger partial charge on any atom is 0.0374 e. The van der Waals surface area contributed by atoms with E-state index in [4.69, 9.17) is 5.73 Å². The summed E-state index contributed by atoms with van der Waals surface area (Å²) in [6, 6.07) is 0. The fourth-order valence-electron chi connectivity index (χ4n) is 2.13. The first-order valence-corrected chi connectivity index (χ1v) is 7.20. The summed E-state index contributed by atoms with van der Waals surface area (Å²) in [6.07, 6.45) is 7.58. The SMILES string of the molecule is N/C=C1/CCC/C(=C\N2CCSCC2)CN1. The van der Waals surface area contributed by atoms with Gasteiger partial charge in [-0.1, -0.05) is 0 Å². The van der Waals surface area contributed by atoms with Gasteiger partial charge in [0, 0.05) is 49.2 Å². The fraction of sp³-hybridized carbons (Fsp3) is 0.667. The highest BCUT2D eigenvalue weighted by Crippen LogP contribution is 2.17. The van der Waals surface area contributed by atoms with Crippen LogP contribution < -0.4 is 11.1 Å². The van der Waals surface area contributed by atoms with Crippen molar-refractivity contribution in [1.29, 1.82) is 0 Å². The first kappa shape index (κ1) is 11.7. The van der Waals surface area contributed by atoms with E-state index in [-0.39, 0.29) is 0 Å². The van der Waals surface area contributed by atoms with E-state index in [1.165, 1.54) is 48.7 Å². The molecule has 3 nitrogen and oxygen atoms in total. The van der Waals surface area contributed by atoms with Gasteiger partial charge < -0.3 is 16.0 Å². The van der Waals surface area contributed by atoms with Crippen LogP contribution >= 0.6 is 11.8 Å². The first-order chi connectivity index (χ1) is 7.88. The lowest BCUT2D eigenvalue weighted by molar-refractivity contribution is 0.411. The molecular weight excluding hydrogens is 218 g/mol. The van der Waals surface area contributed by atoms with Crippen LogP contribution in [0.5, 0.6) is 0 Å². The summed E-state index contributed by atoms with van der Waals surface area (Å²) >= 11 is 2.06. The molecule has 4 heteroatoms. The normalized spacial score (nSPS) is 27.9. The largest absolute Gasteiger partial charge is 0.403 e. The Kier molecular flexibility index (Phi) is 4.45. The molecule has 16 heavy (non-hydrogen) atoms. The topological polar surface area (TPSA) is 41.3 Å². The number of hydrogen-bond acceptors (Lipinski definition) is 4. The fourth-order valence-corrected chi connectivity index (χ4v) is 3.06. The number of hydrogen-bond donors (Lipinski definition) is 2. The smallest absolute Gasteiger partial charge is 0.0374 e. The summed E-state index contributed by atoms with van der Waals surface area (Å²) in [4.78, 5) is 2.46. The van der Waals surface area contributed by atoms with Crippen LogP contribution in [0.1, 0.15) is 19.3 Å². The molecule has 90 valence electrons. The number of nitrogens with two attached hydrogens (primary N) is 1. The predicted octanol–water partition coefficient (Wildman–Crippen LogP) is 1.49. The van der Waals surface area contributed by atoms with Gasteiger partial charge in [-0.25, -0.2) is 0 Å². The molecule has 0 radical (unpaired) electrons. The molecule has 0 unspecified atom stereocenters. The van der Waals surface area contributed by atoms with Crippen LogP contribution in [0.25, 0.3) is 0 Å². The lowest BCUT2D eigenvalue weighted by Gasteiger charge is -2.26. The molecule has 2 saturated heterocycles. The molecule has 2 aliphatic rings. The van der Waals surface area contributed by atoms with E-state index < -0.39 is 0 Å². The average Bonchev–Trinajstić information content (AvgIpc) is 2.56. The molecule has 2 heterocycles. The van der Waals surface area contributed by atoms with Crippen LogP contribution in [-0.2, 0) is 0 Å². The van der Waals surface area contributed by atoms with Gasteiger partial charge in [0.05, 0.1) is 0 Å². The standard InChI is InChI=1S/C12H21N3S/c13-8-12-3-1-2-11(9-14-12)10-15-4-6-16-7-5-15/h8,10,14H,1-7,9,13H2/b11-10+,12-8-. The van der Waals surface area contributed by atoms with E-state index in [1.807, 2.05) is 0 Å². The summed E-state index contributed by atoms with van der Waals surface area (Å²) in [5.41, 5.74) is 8.25. The van der Waals surface area contributed by atoms with Crippen molar-refractivity contribution >= 4 is 11.8 Å². The molecular formula is C12H21N3S. The summed E-state index contributed by atoms with van der Waals surface area (Å²) in [6.45, 7) is 3.37. The second kappa shape index (κ2) is 6.09. The lowest BCUT2D eigenvalue weighted by Crippen LogP contribution is -2.28. The molecule has 0 aromatic heterocycles. The molecule has 0 amide bonds. The zero-order chi connectivity index (χ0) is 11.2. The highest BCUT2D eigenvalue weighted by atomic mass is 32.2. The molecule has 0 bridgehead atoms. The Balaban J connectivity index is 1.90. The van der Waals surface area contributed by atoms with Crippen LogP contribution in [0.2, 0.25) is 0 Å². The van der Waals surface area contributed by atoms with Gasteiger partial charge in [0.15, 0.2) is 0 Å². The van der Waals surface area contributed by atoms with Gasteiger partial charge in [-0.15, -0.1) is 0 Å². The van der Waals surface area contributed by atoms with E-state index in [9.17, 15) is 0 Å². The monoisotopic (exact) mass is 239 g/mol. The van der Waals surface area contributed by atoms with Crippen LogP contribution in [-0.4, -0.2) is 36.0 Å². The van der Waals surface area contributed by atoms with Crippen LogP contribution in [0.3, 0.4) is 0 Å². The van der Waals surface area contributed by atoms with Crippen molar-refractivity contribution in [3.8, 4) is 0 Å². The molecule has 3 N–H and O–H groups in total. The van der Waals surface area contributed by atoms with Crippen molar-refractivity contribution in [2.24, 2.45) is 5.73 Å². The van der Waals surface area contributed by atoms with Crippen molar-refractivity contribution in [1.82, 2.24) is 10.2 Å². The number of nitrogens with one attached hydrogen (secondary N) is 1. The highest BCUT2D eigenvalue weighted by Gasteiger charge is 2.10. The number of thioether (sulfide) groups is 1. The van der Waals surface area contributed by atoms with E-state index in [0.717, 1.165) is 13.0 Å². The summed E-state index contributed by atoms with van der Waals surface area (Å²) in [7, 11) is 0. The van der Waals surface area contributed by atoms with Crippen molar-refractivity contribution in [2.75, 3.05) is 31.1 Å². The third-order valence-electron chi connectivity index (χ3n) is 3.10. The quantitative estimate of drug-likeness (QED) is 0.727. The summed E-state index contributed by atoms with van der Waals surface area (Å²) < 4.78 is 0. The Hall–Kier alpha value is -0.770. The molecule has 2 aliphatic heterocycles. The maximum atomic E-state index is 5.55. The van der Waals surface area contributed by atoms with E-state index in [0.29, 0.717) is 0 Å². The Morgan fingerprint density at radius 2 is 2.06 bits per heavy atom. The highest BCUT2D eigenvalue weighted by molar-refractivity contribution is 7.99. The second-order valence-corrected chi connectivity index (χ2v) is 5.56. The van der Waals surface area contributed by atoms with Crippen molar-refractivity contribution < 1.29 is 0 Å². The van der Waals surface area contributed by atoms with Crippen LogP contribution in [0, 0.1) is 0 Å². The van der Waals surface area contributed by atoms with E-state index >= 15 is 0 Å². The molecule has 0 spiro atoms. The molecule has 0 atom stereocenters. The molecule has 0 aromatic rings. The lowest BCUT2D eigenvalue weighted by atomic mass is 10.1. The maximum absolute atomic E-state index is 5.55. The summed E-state index contributed by atoms with van der Waals surface area (Å²) in [5.74, 6) is 2.54. The Labute approximate surface area is 102 Å². The average molecular weight is 239 g/mol. The Bertz CT molecular complexity index is 280. The third-order valence-corrected chi connectivity index (χ3v) is 4.04. The van der Waals surface area contributed by atoms with Gasteiger partial charge in [0.1, 0.15) is 0 Å². The zero-order valence-corrected chi connectivity index (χ0v) is 10.6. The number of allylic oxidation sites excluding steroid dienone is 1. The second-order valence-electron chi connectivity index (χ2n) is 4.33. The minimum Gasteiger partial charge on any atom is -0.403 e. The summed E-state index contributed by atoms with van der Waals surface area (Å²) in [5, 5.41) is 3.41. The van der Waals surface area contributed by atoms with Gasteiger partial charge in [0.2, 0.25) is 0 Å². The molecule has 0 aromatic carbocycles. The molecule has 0 aliphatic carbocycles. The minimum absolute atomic E-state index is 0.965. The van der Waals surface area contributed by atoms with Crippen LogP contribution in [0.15, 0.2) is 23.7 Å². The third kappa shape index (κ3) is 3.37.